The number of aromatic amines is 2. The fourth-order valence-electron chi connectivity index (χ4n) is 2.56. The van der Waals surface area contributed by atoms with Gasteiger partial charge >= 0.3 is 0 Å². The Kier molecular flexibility index (Phi) is 3.05. The maximum Gasteiger partial charge on any atom is 0.252 e. The van der Waals surface area contributed by atoms with E-state index in [2.05, 4.69) is 9.97 Å². The molecule has 2 heterocycles. The Bertz CT molecular complexity index is 854. The molecule has 0 amide bonds. The van der Waals surface area contributed by atoms with Gasteiger partial charge in [-0.25, -0.2) is 4.39 Å². The van der Waals surface area contributed by atoms with Crippen molar-refractivity contribution < 1.29 is 9.50 Å². The minimum Gasteiger partial charge on any atom is -0.507 e. The van der Waals surface area contributed by atoms with Crippen LogP contribution in [0.25, 0.3) is 22.3 Å². The van der Waals surface area contributed by atoms with Crippen LogP contribution in [0.1, 0.15) is 18.1 Å². The number of halogens is 1. The van der Waals surface area contributed by atoms with Crippen molar-refractivity contribution in [3.8, 4) is 17.1 Å². The quantitative estimate of drug-likeness (QED) is 0.677. The van der Waals surface area contributed by atoms with Crippen LogP contribution in [0.15, 0.2) is 29.1 Å². The van der Waals surface area contributed by atoms with Crippen LogP contribution in [0.3, 0.4) is 0 Å². The summed E-state index contributed by atoms with van der Waals surface area (Å²) in [6.07, 6.45) is 0.570. The molecule has 0 fully saturated rings. The van der Waals surface area contributed by atoms with Gasteiger partial charge in [0, 0.05) is 22.5 Å². The number of hydrogen-bond acceptors (Lipinski definition) is 2. The van der Waals surface area contributed by atoms with Crippen LogP contribution in [0.4, 0.5) is 4.39 Å². The second kappa shape index (κ2) is 4.77. The molecule has 3 rings (SSSR count). The SMILES string of the molecule is CCc1c(O)cc(=O)[nH]c1-c1cc2cc(F)c(C)cc2[nH]1. The summed E-state index contributed by atoms with van der Waals surface area (Å²) in [6, 6.07) is 6.11. The van der Waals surface area contributed by atoms with Gasteiger partial charge < -0.3 is 15.1 Å². The van der Waals surface area contributed by atoms with E-state index >= 15 is 0 Å². The number of rotatable bonds is 2. The average molecular weight is 286 g/mol. The van der Waals surface area contributed by atoms with E-state index in [-0.39, 0.29) is 17.1 Å². The minimum atomic E-state index is -0.374. The Morgan fingerprint density at radius 2 is 1.95 bits per heavy atom. The number of aromatic hydroxyl groups is 1. The third-order valence-electron chi connectivity index (χ3n) is 3.65. The number of aromatic nitrogens is 2. The van der Waals surface area contributed by atoms with Crippen molar-refractivity contribution in [2.24, 2.45) is 0 Å². The lowest BCUT2D eigenvalue weighted by molar-refractivity contribution is 0.467. The van der Waals surface area contributed by atoms with E-state index in [0.717, 1.165) is 17.0 Å². The predicted molar refractivity (Wildman–Crippen MR) is 80.1 cm³/mol. The maximum atomic E-state index is 13.6. The molecular formula is C16H15FN2O2. The van der Waals surface area contributed by atoms with Gasteiger partial charge in [0.1, 0.15) is 11.6 Å². The van der Waals surface area contributed by atoms with Crippen LogP contribution >= 0.6 is 0 Å². The van der Waals surface area contributed by atoms with Crippen molar-refractivity contribution in [1.82, 2.24) is 9.97 Å². The molecule has 0 aliphatic carbocycles. The second-order valence-electron chi connectivity index (χ2n) is 5.10. The molecule has 3 N–H and O–H groups in total. The first-order valence-corrected chi connectivity index (χ1v) is 6.74. The number of pyridine rings is 1. The standard InChI is InChI=1S/C16H15FN2O2/c1-3-10-14(20)7-15(21)19-16(10)13-6-9-5-11(17)8(2)4-12(9)18-13/h4-7,18H,3H2,1-2H3,(H2,19,20,21). The largest absolute Gasteiger partial charge is 0.507 e. The van der Waals surface area contributed by atoms with Crippen LogP contribution < -0.4 is 5.56 Å². The first-order valence-electron chi connectivity index (χ1n) is 6.74. The molecule has 5 heteroatoms. The summed E-state index contributed by atoms with van der Waals surface area (Å²) in [5.41, 5.74) is 2.81. The number of hydrogen-bond donors (Lipinski definition) is 3. The molecule has 0 saturated carbocycles. The predicted octanol–water partition coefficient (Wildman–Crippen LogP) is 3.24. The molecule has 108 valence electrons. The number of aryl methyl sites for hydroxylation is 1. The average Bonchev–Trinajstić information content (AvgIpc) is 2.81. The highest BCUT2D eigenvalue weighted by Crippen LogP contribution is 2.30. The van der Waals surface area contributed by atoms with Crippen LogP contribution in [0.2, 0.25) is 0 Å². The minimum absolute atomic E-state index is 0.0303. The molecule has 21 heavy (non-hydrogen) atoms. The van der Waals surface area contributed by atoms with E-state index in [1.54, 1.807) is 19.1 Å². The Morgan fingerprint density at radius 3 is 2.67 bits per heavy atom. The van der Waals surface area contributed by atoms with Gasteiger partial charge in [0.25, 0.3) is 5.56 Å². The van der Waals surface area contributed by atoms with E-state index in [9.17, 15) is 14.3 Å². The van der Waals surface area contributed by atoms with Crippen molar-refractivity contribution in [2.75, 3.05) is 0 Å². The highest BCUT2D eigenvalue weighted by molar-refractivity contribution is 5.86. The van der Waals surface area contributed by atoms with Crippen LogP contribution in [0, 0.1) is 12.7 Å². The molecule has 0 bridgehead atoms. The van der Waals surface area contributed by atoms with E-state index < -0.39 is 0 Å². The Morgan fingerprint density at radius 1 is 1.19 bits per heavy atom. The van der Waals surface area contributed by atoms with Crippen molar-refractivity contribution in [2.45, 2.75) is 20.3 Å². The highest BCUT2D eigenvalue weighted by Gasteiger charge is 2.13. The Hall–Kier alpha value is -2.56. The fourth-order valence-corrected chi connectivity index (χ4v) is 2.56. The van der Waals surface area contributed by atoms with Gasteiger partial charge in [-0.2, -0.15) is 0 Å². The van der Waals surface area contributed by atoms with E-state index in [1.165, 1.54) is 6.07 Å². The summed E-state index contributed by atoms with van der Waals surface area (Å²) in [7, 11) is 0. The Labute approximate surface area is 120 Å². The number of benzene rings is 1. The zero-order valence-electron chi connectivity index (χ0n) is 11.7. The maximum absolute atomic E-state index is 13.6. The Balaban J connectivity index is 2.28. The molecule has 0 aliphatic rings. The fraction of sp³-hybridized carbons (Fsp3) is 0.188. The summed E-state index contributed by atoms with van der Waals surface area (Å²) in [5, 5.41) is 10.6. The van der Waals surface area contributed by atoms with Gasteiger partial charge in [-0.3, -0.25) is 4.79 Å². The molecule has 0 unspecified atom stereocenters. The molecule has 0 spiro atoms. The summed E-state index contributed by atoms with van der Waals surface area (Å²) in [5.74, 6) is -0.301. The molecule has 3 aromatic rings. The zero-order chi connectivity index (χ0) is 15.1. The van der Waals surface area contributed by atoms with E-state index in [4.69, 9.17) is 0 Å². The third kappa shape index (κ3) is 2.20. The molecule has 1 aromatic carbocycles. The van der Waals surface area contributed by atoms with Crippen molar-refractivity contribution in [1.29, 1.82) is 0 Å². The van der Waals surface area contributed by atoms with E-state index in [1.807, 2.05) is 6.92 Å². The van der Waals surface area contributed by atoms with Crippen LogP contribution in [-0.2, 0) is 6.42 Å². The molecule has 4 nitrogen and oxygen atoms in total. The van der Waals surface area contributed by atoms with Gasteiger partial charge in [-0.05, 0) is 37.1 Å². The molecule has 0 saturated heterocycles. The van der Waals surface area contributed by atoms with E-state index in [0.29, 0.717) is 28.9 Å². The highest BCUT2D eigenvalue weighted by atomic mass is 19.1. The molecule has 2 aromatic heterocycles. The lowest BCUT2D eigenvalue weighted by atomic mass is 10.1. The van der Waals surface area contributed by atoms with Gasteiger partial charge in [0.2, 0.25) is 0 Å². The van der Waals surface area contributed by atoms with Crippen LogP contribution in [-0.4, -0.2) is 15.1 Å². The first-order chi connectivity index (χ1) is 9.99. The lowest BCUT2D eigenvalue weighted by Gasteiger charge is -2.07. The number of H-pyrrole nitrogens is 2. The molecule has 0 atom stereocenters. The van der Waals surface area contributed by atoms with Gasteiger partial charge in [-0.1, -0.05) is 6.92 Å². The zero-order valence-corrected chi connectivity index (χ0v) is 11.7. The number of nitrogens with one attached hydrogen (secondary N) is 2. The van der Waals surface area contributed by atoms with Gasteiger partial charge in [-0.15, -0.1) is 0 Å². The summed E-state index contributed by atoms with van der Waals surface area (Å²) in [4.78, 5) is 17.5. The second-order valence-corrected chi connectivity index (χ2v) is 5.10. The number of fused-ring (bicyclic) bond motifs is 1. The van der Waals surface area contributed by atoms with Gasteiger partial charge in [0.05, 0.1) is 11.4 Å². The summed E-state index contributed by atoms with van der Waals surface area (Å²) < 4.78 is 13.6. The third-order valence-corrected chi connectivity index (χ3v) is 3.65. The van der Waals surface area contributed by atoms with Crippen molar-refractivity contribution >= 4 is 10.9 Å². The first kappa shape index (κ1) is 13.4. The summed E-state index contributed by atoms with van der Waals surface area (Å²) in [6.45, 7) is 3.59. The lowest BCUT2D eigenvalue weighted by Crippen LogP contribution is -2.08. The van der Waals surface area contributed by atoms with Gasteiger partial charge in [0.15, 0.2) is 0 Å². The molecule has 0 radical (unpaired) electrons. The summed E-state index contributed by atoms with van der Waals surface area (Å²) >= 11 is 0. The normalized spacial score (nSPS) is 11.2. The van der Waals surface area contributed by atoms with Crippen molar-refractivity contribution in [3.05, 3.63) is 51.6 Å². The molecule has 0 aliphatic heterocycles. The van der Waals surface area contributed by atoms with Crippen molar-refractivity contribution in [3.63, 3.8) is 0 Å². The monoisotopic (exact) mass is 286 g/mol. The topological polar surface area (TPSA) is 68.9 Å². The molecular weight excluding hydrogens is 271 g/mol. The smallest absolute Gasteiger partial charge is 0.252 e. The van der Waals surface area contributed by atoms with Crippen LogP contribution in [0.5, 0.6) is 5.75 Å².